The molecule has 1 aliphatic heterocycles. The van der Waals surface area contributed by atoms with Crippen molar-refractivity contribution < 1.29 is 47.3 Å². The molecule has 0 saturated carbocycles. The van der Waals surface area contributed by atoms with Gasteiger partial charge in [0.05, 0.1) is 0 Å². The second kappa shape index (κ2) is 11.7. The Balaban J connectivity index is 3.57. The van der Waals surface area contributed by atoms with Gasteiger partial charge in [-0.3, -0.25) is 14.4 Å². The molecule has 0 aromatic rings. The van der Waals surface area contributed by atoms with E-state index in [1.54, 1.807) is 20.8 Å². The van der Waals surface area contributed by atoms with Crippen LogP contribution in [0.5, 0.6) is 0 Å². The van der Waals surface area contributed by atoms with Gasteiger partial charge < -0.3 is 33.4 Å². The van der Waals surface area contributed by atoms with Crippen molar-refractivity contribution in [2.45, 2.75) is 117 Å². The second-order valence-corrected chi connectivity index (χ2v) is 15.8. The summed E-state index contributed by atoms with van der Waals surface area (Å²) >= 11 is 0. The van der Waals surface area contributed by atoms with Crippen LogP contribution in [-0.2, 0) is 42.5 Å². The van der Waals surface area contributed by atoms with Crippen molar-refractivity contribution in [1.29, 1.82) is 0 Å². The molecular formula is C23H41NO10Si. The molecule has 5 atom stereocenters. The Morgan fingerprint density at radius 1 is 0.857 bits per heavy atom. The van der Waals surface area contributed by atoms with Gasteiger partial charge in [-0.05, 0) is 38.9 Å². The van der Waals surface area contributed by atoms with E-state index < -0.39 is 68.6 Å². The first-order chi connectivity index (χ1) is 15.7. The monoisotopic (exact) mass is 519 g/mol. The fourth-order valence-electron chi connectivity index (χ4n) is 3.09. The van der Waals surface area contributed by atoms with Crippen LogP contribution >= 0.6 is 0 Å². The highest BCUT2D eigenvalue weighted by atomic mass is 28.4. The molecule has 0 radical (unpaired) electrons. The van der Waals surface area contributed by atoms with Crippen LogP contribution in [0.15, 0.2) is 0 Å². The molecule has 12 heteroatoms. The minimum atomic E-state index is -2.56. The molecule has 1 N–H and O–H groups in total. The van der Waals surface area contributed by atoms with E-state index in [4.69, 9.17) is 28.1 Å². The lowest BCUT2D eigenvalue weighted by atomic mass is 9.96. The lowest BCUT2D eigenvalue weighted by molar-refractivity contribution is -0.265. The molecule has 11 nitrogen and oxygen atoms in total. The summed E-state index contributed by atoms with van der Waals surface area (Å²) in [5, 5.41) is 2.42. The van der Waals surface area contributed by atoms with E-state index >= 15 is 0 Å². The molecule has 1 aliphatic rings. The molecule has 1 rings (SSSR count). The molecule has 35 heavy (non-hydrogen) atoms. The quantitative estimate of drug-likeness (QED) is 0.304. The van der Waals surface area contributed by atoms with Gasteiger partial charge in [-0.25, -0.2) is 4.79 Å². The van der Waals surface area contributed by atoms with Crippen molar-refractivity contribution in [2.75, 3.05) is 6.61 Å². The predicted molar refractivity (Wildman–Crippen MR) is 128 cm³/mol. The van der Waals surface area contributed by atoms with Crippen LogP contribution in [0.3, 0.4) is 0 Å². The Hall–Kier alpha value is -2.18. The van der Waals surface area contributed by atoms with Crippen LogP contribution < -0.4 is 5.32 Å². The Morgan fingerprint density at radius 2 is 1.40 bits per heavy atom. The van der Waals surface area contributed by atoms with E-state index in [0.29, 0.717) is 0 Å². The second-order valence-electron chi connectivity index (χ2n) is 11.0. The molecule has 1 saturated heterocycles. The molecule has 1 amide bonds. The number of amides is 1. The lowest BCUT2D eigenvalue weighted by Crippen LogP contribution is -2.68. The fourth-order valence-corrected chi connectivity index (χ4v) is 4.40. The van der Waals surface area contributed by atoms with Crippen molar-refractivity contribution in [2.24, 2.45) is 0 Å². The summed E-state index contributed by atoms with van der Waals surface area (Å²) < 4.78 is 34.0. The summed E-state index contributed by atoms with van der Waals surface area (Å²) in [6.07, 6.45) is -5.26. The minimum absolute atomic E-state index is 0.259. The van der Waals surface area contributed by atoms with E-state index in [1.807, 2.05) is 33.9 Å². The van der Waals surface area contributed by atoms with Gasteiger partial charge in [0.25, 0.3) is 0 Å². The molecule has 1 heterocycles. The Labute approximate surface area is 208 Å². The smallest absolute Gasteiger partial charge is 0.408 e. The molecule has 0 unspecified atom stereocenters. The van der Waals surface area contributed by atoms with Gasteiger partial charge in [0.1, 0.15) is 30.5 Å². The van der Waals surface area contributed by atoms with Crippen LogP contribution in [0, 0.1) is 0 Å². The number of alkyl carbamates (subject to hydrolysis) is 1. The number of hydrogen-bond donors (Lipinski definition) is 1. The summed E-state index contributed by atoms with van der Waals surface area (Å²) in [5.41, 5.74) is -0.806. The molecule has 202 valence electrons. The minimum Gasteiger partial charge on any atom is -0.463 e. The number of hydrogen-bond acceptors (Lipinski definition) is 10. The van der Waals surface area contributed by atoms with Gasteiger partial charge in [-0.2, -0.15) is 0 Å². The van der Waals surface area contributed by atoms with Crippen LogP contribution in [0.25, 0.3) is 0 Å². The molecular weight excluding hydrogens is 478 g/mol. The molecule has 0 aliphatic carbocycles. The first-order valence-corrected chi connectivity index (χ1v) is 14.4. The van der Waals surface area contributed by atoms with Crippen LogP contribution in [0.1, 0.15) is 62.3 Å². The van der Waals surface area contributed by atoms with Crippen molar-refractivity contribution in [3.8, 4) is 0 Å². The third-order valence-electron chi connectivity index (χ3n) is 5.60. The maximum Gasteiger partial charge on any atom is 0.408 e. The Kier molecular flexibility index (Phi) is 10.3. The van der Waals surface area contributed by atoms with Crippen molar-refractivity contribution in [1.82, 2.24) is 5.32 Å². The van der Waals surface area contributed by atoms with Gasteiger partial charge in [0.15, 0.2) is 14.4 Å². The third-order valence-corrected chi connectivity index (χ3v) is 10.1. The number of nitrogens with one attached hydrogen (secondary N) is 1. The first kappa shape index (κ1) is 30.8. The van der Waals surface area contributed by atoms with Gasteiger partial charge in [0.2, 0.25) is 6.29 Å². The van der Waals surface area contributed by atoms with Gasteiger partial charge >= 0.3 is 24.0 Å². The molecule has 0 aromatic carbocycles. The van der Waals surface area contributed by atoms with Crippen molar-refractivity contribution >= 4 is 32.3 Å². The van der Waals surface area contributed by atoms with Crippen molar-refractivity contribution in [3.63, 3.8) is 0 Å². The van der Waals surface area contributed by atoms with E-state index in [2.05, 4.69) is 5.32 Å². The average Bonchev–Trinajstić information content (AvgIpc) is 2.61. The van der Waals surface area contributed by atoms with E-state index in [9.17, 15) is 19.2 Å². The normalized spacial score (nSPS) is 25.3. The summed E-state index contributed by atoms with van der Waals surface area (Å²) in [7, 11) is -2.56. The summed E-state index contributed by atoms with van der Waals surface area (Å²) in [5.74, 6) is -1.87. The molecule has 0 bridgehead atoms. The van der Waals surface area contributed by atoms with E-state index in [-0.39, 0.29) is 11.6 Å². The Bertz CT molecular complexity index is 786. The van der Waals surface area contributed by atoms with E-state index in [0.717, 1.165) is 0 Å². The largest absolute Gasteiger partial charge is 0.463 e. The topological polar surface area (TPSA) is 136 Å². The maximum absolute atomic E-state index is 12.7. The highest BCUT2D eigenvalue weighted by Crippen LogP contribution is 2.40. The zero-order valence-electron chi connectivity index (χ0n) is 22.7. The SMILES string of the molecule is CC(=O)OC[C@@H]1O[C@@H](OC(C)=O)[C@H](NC(=O)OC(C)(C)C)[C@H](O[Si](C)(C)C(C)(C)C)[C@H]1OC(C)=O. The number of carbonyl (C=O) groups excluding carboxylic acids is 4. The predicted octanol–water partition coefficient (Wildman–Crippen LogP) is 3.05. The zero-order valence-corrected chi connectivity index (χ0v) is 23.7. The number of carbonyl (C=O) groups is 4. The average molecular weight is 520 g/mol. The number of esters is 3. The summed E-state index contributed by atoms with van der Waals surface area (Å²) in [6, 6.07) is -1.10. The third kappa shape index (κ3) is 9.77. The van der Waals surface area contributed by atoms with Crippen LogP contribution in [0.2, 0.25) is 18.1 Å². The van der Waals surface area contributed by atoms with Gasteiger partial charge in [-0.1, -0.05) is 20.8 Å². The van der Waals surface area contributed by atoms with Crippen LogP contribution in [0.4, 0.5) is 4.79 Å². The molecule has 1 fully saturated rings. The fraction of sp³-hybridized carbons (Fsp3) is 0.826. The first-order valence-electron chi connectivity index (χ1n) is 11.5. The standard InChI is InChI=1S/C23H41NO10Si/c1-13(25)29-12-16-18(30-14(2)26)19(34-35(10,11)23(7,8)9)17(20(32-16)31-15(3)27)24-21(28)33-22(4,5)6/h16-20H,12H2,1-11H3,(H,24,28)/t16-,17+,18-,19-,20+/m0/s1. The molecule has 0 spiro atoms. The van der Waals surface area contributed by atoms with E-state index in [1.165, 1.54) is 20.8 Å². The van der Waals surface area contributed by atoms with Gasteiger partial charge in [0, 0.05) is 20.8 Å². The summed E-state index contributed by atoms with van der Waals surface area (Å²) in [4.78, 5) is 48.2. The maximum atomic E-state index is 12.7. The summed E-state index contributed by atoms with van der Waals surface area (Å²) in [6.45, 7) is 18.5. The number of rotatable bonds is 7. The lowest BCUT2D eigenvalue weighted by Gasteiger charge is -2.49. The Morgan fingerprint density at radius 3 is 1.83 bits per heavy atom. The zero-order chi connectivity index (χ0) is 27.4. The van der Waals surface area contributed by atoms with Gasteiger partial charge in [-0.15, -0.1) is 0 Å². The highest BCUT2D eigenvalue weighted by Gasteiger charge is 2.54. The highest BCUT2D eigenvalue weighted by molar-refractivity contribution is 6.74. The molecule has 0 aromatic heterocycles. The van der Waals surface area contributed by atoms with Crippen molar-refractivity contribution in [3.05, 3.63) is 0 Å². The van der Waals surface area contributed by atoms with Crippen LogP contribution in [-0.4, -0.2) is 75.2 Å². The number of ether oxygens (including phenoxy) is 5.